The number of likely N-dealkylation sites (tertiary alicyclic amines) is 2. The molecule has 46 heavy (non-hydrogen) atoms. The number of nitrogens with zero attached hydrogens (tertiary/aromatic N) is 5. The van der Waals surface area contributed by atoms with Crippen molar-refractivity contribution >= 4 is 29.5 Å². The Morgan fingerprint density at radius 3 is 1.57 bits per heavy atom. The number of phenols is 1. The molecule has 0 aliphatic carbocycles. The molecule has 1 aromatic heterocycles. The van der Waals surface area contributed by atoms with E-state index in [0.29, 0.717) is 18.2 Å². The van der Waals surface area contributed by atoms with Gasteiger partial charge in [-0.25, -0.2) is 0 Å². The Kier molecular flexibility index (Phi) is 10.9. The summed E-state index contributed by atoms with van der Waals surface area (Å²) in [6.45, 7) is 32.6. The van der Waals surface area contributed by atoms with Gasteiger partial charge in [-0.1, -0.05) is 50.4 Å². The fraction of sp³-hybridized carbons (Fsp3) is 0.757. The Labute approximate surface area is 288 Å². The molecule has 0 bridgehead atoms. The first kappa shape index (κ1) is 37.3. The second kappa shape index (κ2) is 13.4. The summed E-state index contributed by atoms with van der Waals surface area (Å²) in [5, 5.41) is 16.2. The van der Waals surface area contributed by atoms with Crippen LogP contribution in [0.15, 0.2) is 22.4 Å². The Morgan fingerprint density at radius 1 is 0.761 bits per heavy atom. The van der Waals surface area contributed by atoms with Gasteiger partial charge in [-0.2, -0.15) is 15.0 Å². The number of hydrogen-bond donors (Lipinski definition) is 2. The molecule has 2 aromatic rings. The number of anilines is 1. The van der Waals surface area contributed by atoms with E-state index < -0.39 is 0 Å². The minimum absolute atomic E-state index is 0.0985. The maximum Gasteiger partial charge on any atom is 0.227 e. The van der Waals surface area contributed by atoms with Crippen molar-refractivity contribution in [1.29, 1.82) is 0 Å². The smallest absolute Gasteiger partial charge is 0.227 e. The molecular weight excluding hydrogens is 609 g/mol. The van der Waals surface area contributed by atoms with Gasteiger partial charge in [0.2, 0.25) is 5.95 Å². The zero-order valence-electron chi connectivity index (χ0n) is 31.3. The highest BCUT2D eigenvalue weighted by atomic mass is 32.2. The first-order valence-corrected chi connectivity index (χ1v) is 19.0. The Bertz CT molecular complexity index is 1290. The van der Waals surface area contributed by atoms with E-state index in [4.69, 9.17) is 15.0 Å². The SMILES string of the molecule is Cc1cc(CNc2nc(SC(C)N3C(C)(C)CCCC3(C)C)nc(SC(C)N3C(C)(C)CCCC3(C)C)n2)cc(C(C)(C)C)c1O. The van der Waals surface area contributed by atoms with Crippen molar-refractivity contribution in [3.8, 4) is 5.75 Å². The maximum absolute atomic E-state index is 10.8. The van der Waals surface area contributed by atoms with Crippen LogP contribution in [-0.4, -0.2) is 62.8 Å². The van der Waals surface area contributed by atoms with Crippen LogP contribution < -0.4 is 5.32 Å². The van der Waals surface area contributed by atoms with Crippen LogP contribution in [0.2, 0.25) is 0 Å². The van der Waals surface area contributed by atoms with Crippen LogP contribution in [0.4, 0.5) is 5.95 Å². The van der Waals surface area contributed by atoms with Gasteiger partial charge in [0.05, 0.1) is 10.7 Å². The van der Waals surface area contributed by atoms with E-state index in [2.05, 4.69) is 117 Å². The van der Waals surface area contributed by atoms with Gasteiger partial charge in [0.15, 0.2) is 10.3 Å². The monoisotopic (exact) mass is 670 g/mol. The van der Waals surface area contributed by atoms with Crippen molar-refractivity contribution in [3.63, 3.8) is 0 Å². The highest BCUT2D eigenvalue weighted by Crippen LogP contribution is 2.45. The van der Waals surface area contributed by atoms with Gasteiger partial charge >= 0.3 is 0 Å². The second-order valence-electron chi connectivity index (χ2n) is 17.3. The third kappa shape index (κ3) is 8.35. The summed E-state index contributed by atoms with van der Waals surface area (Å²) in [4.78, 5) is 20.4. The van der Waals surface area contributed by atoms with Gasteiger partial charge in [-0.15, -0.1) is 0 Å². The van der Waals surface area contributed by atoms with Crippen molar-refractivity contribution in [2.75, 3.05) is 5.32 Å². The van der Waals surface area contributed by atoms with E-state index in [9.17, 15) is 5.11 Å². The molecule has 1 aromatic carbocycles. The molecule has 2 saturated heterocycles. The van der Waals surface area contributed by atoms with Crippen LogP contribution in [0.5, 0.6) is 5.75 Å². The molecule has 0 spiro atoms. The molecule has 4 rings (SSSR count). The summed E-state index contributed by atoms with van der Waals surface area (Å²) in [5.74, 6) is 0.973. The van der Waals surface area contributed by atoms with Crippen LogP contribution in [0.1, 0.15) is 145 Å². The number of hydrogen-bond acceptors (Lipinski definition) is 9. The molecule has 2 atom stereocenters. The molecule has 0 saturated carbocycles. The number of rotatable bonds is 9. The molecule has 3 heterocycles. The van der Waals surface area contributed by atoms with E-state index in [1.807, 2.05) is 6.92 Å². The minimum Gasteiger partial charge on any atom is -0.507 e. The van der Waals surface area contributed by atoms with E-state index in [0.717, 1.165) is 27.0 Å². The number of nitrogens with one attached hydrogen (secondary N) is 1. The summed E-state index contributed by atoms with van der Waals surface area (Å²) in [5.41, 5.74) is 3.16. The quantitative estimate of drug-likeness (QED) is 0.254. The van der Waals surface area contributed by atoms with Crippen LogP contribution in [0.3, 0.4) is 0 Å². The average Bonchev–Trinajstić information content (AvgIpc) is 2.86. The summed E-state index contributed by atoms with van der Waals surface area (Å²) in [6, 6.07) is 4.16. The third-order valence-corrected chi connectivity index (χ3v) is 12.1. The van der Waals surface area contributed by atoms with Crippen molar-refractivity contribution < 1.29 is 5.11 Å². The molecule has 0 radical (unpaired) electrons. The minimum atomic E-state index is -0.163. The highest BCUT2D eigenvalue weighted by molar-refractivity contribution is 8.00. The number of aromatic hydroxyl groups is 1. The lowest BCUT2D eigenvalue weighted by Crippen LogP contribution is -2.61. The van der Waals surface area contributed by atoms with Gasteiger partial charge in [0.25, 0.3) is 0 Å². The topological polar surface area (TPSA) is 77.4 Å². The highest BCUT2D eigenvalue weighted by Gasteiger charge is 2.45. The molecular formula is C37H62N6OS2. The molecule has 7 nitrogen and oxygen atoms in total. The molecule has 258 valence electrons. The third-order valence-electron chi connectivity index (χ3n) is 10.3. The zero-order valence-corrected chi connectivity index (χ0v) is 32.9. The van der Waals surface area contributed by atoms with Crippen LogP contribution in [0, 0.1) is 6.92 Å². The fourth-order valence-electron chi connectivity index (χ4n) is 8.64. The predicted octanol–water partition coefficient (Wildman–Crippen LogP) is 9.76. The van der Waals surface area contributed by atoms with Crippen molar-refractivity contribution in [1.82, 2.24) is 24.8 Å². The fourth-order valence-corrected chi connectivity index (χ4v) is 11.2. The van der Waals surface area contributed by atoms with Crippen molar-refractivity contribution in [2.45, 2.75) is 191 Å². The van der Waals surface area contributed by atoms with Crippen molar-refractivity contribution in [3.05, 3.63) is 28.8 Å². The lowest BCUT2D eigenvalue weighted by atomic mass is 9.80. The summed E-state index contributed by atoms with van der Waals surface area (Å²) in [6.07, 6.45) is 7.26. The predicted molar refractivity (Wildman–Crippen MR) is 197 cm³/mol. The molecule has 0 amide bonds. The molecule has 2 unspecified atom stereocenters. The van der Waals surface area contributed by atoms with E-state index in [1.54, 1.807) is 23.5 Å². The number of aromatic nitrogens is 3. The zero-order chi connectivity index (χ0) is 34.5. The number of aryl methyl sites for hydroxylation is 1. The van der Waals surface area contributed by atoms with Gasteiger partial charge in [-0.3, -0.25) is 9.80 Å². The number of phenolic OH excluding ortho intramolecular Hbond substituents is 1. The summed E-state index contributed by atoms with van der Waals surface area (Å²) < 4.78 is 0. The van der Waals surface area contributed by atoms with Gasteiger partial charge in [0, 0.05) is 28.7 Å². The maximum atomic E-state index is 10.8. The Balaban J connectivity index is 1.67. The lowest BCUT2D eigenvalue weighted by molar-refractivity contribution is -0.0321. The average molecular weight is 671 g/mol. The van der Waals surface area contributed by atoms with E-state index in [1.165, 1.54) is 38.5 Å². The molecule has 9 heteroatoms. The van der Waals surface area contributed by atoms with Crippen LogP contribution in [0.25, 0.3) is 0 Å². The van der Waals surface area contributed by atoms with Gasteiger partial charge in [0.1, 0.15) is 5.75 Å². The standard InChI is InChI=1S/C37H62N6OS2/c1-24-21-27(22-28(29(24)44)33(4,5)6)23-38-30-39-31(45-25(2)42-34(7,8)17-15-18-35(42,9)10)41-32(40-30)46-26(3)43-36(11,12)19-16-20-37(43,13)14/h21-22,25-26,44H,15-20,23H2,1-14H3,(H,38,39,40,41). The van der Waals surface area contributed by atoms with Gasteiger partial charge in [-0.05, 0) is 143 Å². The lowest BCUT2D eigenvalue weighted by Gasteiger charge is -2.55. The Morgan fingerprint density at radius 2 is 1.17 bits per heavy atom. The molecule has 2 fully saturated rings. The summed E-state index contributed by atoms with van der Waals surface area (Å²) >= 11 is 3.48. The summed E-state index contributed by atoms with van der Waals surface area (Å²) in [7, 11) is 0. The first-order valence-electron chi connectivity index (χ1n) is 17.3. The number of piperidine rings is 2. The second-order valence-corrected chi connectivity index (χ2v) is 19.8. The normalized spacial score (nSPS) is 22.7. The molecule has 2 aliphatic heterocycles. The van der Waals surface area contributed by atoms with Crippen LogP contribution >= 0.6 is 23.5 Å². The molecule has 2 N–H and O–H groups in total. The van der Waals surface area contributed by atoms with Crippen molar-refractivity contribution in [2.24, 2.45) is 0 Å². The van der Waals surface area contributed by atoms with E-state index in [-0.39, 0.29) is 38.3 Å². The van der Waals surface area contributed by atoms with Crippen LogP contribution in [-0.2, 0) is 12.0 Å². The first-order chi connectivity index (χ1) is 21.0. The number of benzene rings is 1. The largest absolute Gasteiger partial charge is 0.507 e. The number of thioether (sulfide) groups is 2. The Hall–Kier alpha value is -1.55. The molecule has 2 aliphatic rings. The van der Waals surface area contributed by atoms with E-state index >= 15 is 0 Å². The van der Waals surface area contributed by atoms with Gasteiger partial charge < -0.3 is 10.4 Å².